The second-order valence-corrected chi connectivity index (χ2v) is 3.03. The van der Waals surface area contributed by atoms with Gasteiger partial charge < -0.3 is 5.11 Å². The van der Waals surface area contributed by atoms with Crippen LogP contribution < -0.4 is 0 Å². The molecule has 0 aliphatic rings. The average molecular weight is 196 g/mol. The van der Waals surface area contributed by atoms with Crippen molar-refractivity contribution in [3.63, 3.8) is 0 Å². The van der Waals surface area contributed by atoms with Crippen molar-refractivity contribution in [2.75, 3.05) is 6.61 Å². The Morgan fingerprint density at radius 2 is 2.38 bits per heavy atom. The van der Waals surface area contributed by atoms with Crippen molar-refractivity contribution >= 4 is 11.6 Å². The van der Waals surface area contributed by atoms with E-state index in [1.54, 1.807) is 6.20 Å². The number of aliphatic hydroxyl groups excluding tert-OH is 1. The van der Waals surface area contributed by atoms with E-state index in [1.165, 1.54) is 0 Å². The highest BCUT2D eigenvalue weighted by Crippen LogP contribution is 2.10. The summed E-state index contributed by atoms with van der Waals surface area (Å²) < 4.78 is 0. The standard InChI is InChI=1S/C10H10ClNO/c1-8-6-9(11)7-12-10(8)4-2-3-5-13/h6-7,13H,3,5H2,1H3. The van der Waals surface area contributed by atoms with Gasteiger partial charge in [-0.2, -0.15) is 0 Å². The zero-order valence-electron chi connectivity index (χ0n) is 7.34. The van der Waals surface area contributed by atoms with Gasteiger partial charge in [-0.05, 0) is 24.5 Å². The molecule has 0 atom stereocenters. The predicted molar refractivity (Wildman–Crippen MR) is 52.6 cm³/mol. The minimum atomic E-state index is 0.0830. The molecule has 1 aromatic heterocycles. The summed E-state index contributed by atoms with van der Waals surface area (Å²) in [7, 11) is 0. The summed E-state index contributed by atoms with van der Waals surface area (Å²) in [5, 5.41) is 9.13. The number of aromatic nitrogens is 1. The molecule has 13 heavy (non-hydrogen) atoms. The lowest BCUT2D eigenvalue weighted by atomic mass is 10.2. The van der Waals surface area contributed by atoms with E-state index in [4.69, 9.17) is 16.7 Å². The van der Waals surface area contributed by atoms with Gasteiger partial charge >= 0.3 is 0 Å². The molecular weight excluding hydrogens is 186 g/mol. The highest BCUT2D eigenvalue weighted by molar-refractivity contribution is 6.30. The molecule has 0 amide bonds. The van der Waals surface area contributed by atoms with Crippen molar-refractivity contribution < 1.29 is 5.11 Å². The lowest BCUT2D eigenvalue weighted by Gasteiger charge is -1.96. The molecule has 2 nitrogen and oxygen atoms in total. The van der Waals surface area contributed by atoms with Crippen LogP contribution in [0.1, 0.15) is 17.7 Å². The minimum Gasteiger partial charge on any atom is -0.395 e. The Hall–Kier alpha value is -1.04. The monoisotopic (exact) mass is 195 g/mol. The first-order valence-corrected chi connectivity index (χ1v) is 4.33. The first kappa shape index (κ1) is 10.0. The number of pyridine rings is 1. The third-order valence-electron chi connectivity index (χ3n) is 1.49. The first-order chi connectivity index (χ1) is 6.24. The first-order valence-electron chi connectivity index (χ1n) is 3.96. The van der Waals surface area contributed by atoms with Gasteiger partial charge in [-0.1, -0.05) is 17.5 Å². The predicted octanol–water partition coefficient (Wildman–Crippen LogP) is 1.78. The fourth-order valence-electron chi connectivity index (χ4n) is 0.873. The summed E-state index contributed by atoms with van der Waals surface area (Å²) in [6, 6.07) is 1.82. The van der Waals surface area contributed by atoms with Crippen molar-refractivity contribution in [1.82, 2.24) is 4.98 Å². The molecule has 0 fully saturated rings. The summed E-state index contributed by atoms with van der Waals surface area (Å²) in [5.74, 6) is 5.67. The second kappa shape index (κ2) is 4.86. The molecule has 0 spiro atoms. The Labute approximate surface area is 82.6 Å². The molecule has 0 saturated heterocycles. The van der Waals surface area contributed by atoms with Crippen LogP contribution in [-0.4, -0.2) is 16.7 Å². The molecule has 0 unspecified atom stereocenters. The Bertz CT molecular complexity index is 352. The van der Waals surface area contributed by atoms with Crippen LogP contribution in [0.15, 0.2) is 12.3 Å². The largest absolute Gasteiger partial charge is 0.395 e. The van der Waals surface area contributed by atoms with Crippen molar-refractivity contribution in [3.8, 4) is 11.8 Å². The summed E-state index contributed by atoms with van der Waals surface area (Å²) >= 11 is 5.73. The number of nitrogens with zero attached hydrogens (tertiary/aromatic N) is 1. The maximum atomic E-state index is 8.51. The van der Waals surface area contributed by atoms with Gasteiger partial charge in [0.15, 0.2) is 0 Å². The number of rotatable bonds is 1. The maximum absolute atomic E-state index is 8.51. The van der Waals surface area contributed by atoms with Crippen molar-refractivity contribution in [3.05, 3.63) is 28.5 Å². The summed E-state index contributed by atoms with van der Waals surface area (Å²) in [5.41, 5.74) is 1.68. The zero-order valence-corrected chi connectivity index (χ0v) is 8.10. The van der Waals surface area contributed by atoms with Gasteiger partial charge in [0, 0.05) is 12.6 Å². The van der Waals surface area contributed by atoms with E-state index in [9.17, 15) is 0 Å². The fraction of sp³-hybridized carbons (Fsp3) is 0.300. The van der Waals surface area contributed by atoms with E-state index in [2.05, 4.69) is 16.8 Å². The van der Waals surface area contributed by atoms with Crippen molar-refractivity contribution in [2.24, 2.45) is 0 Å². The number of aliphatic hydroxyl groups is 1. The quantitative estimate of drug-likeness (QED) is 0.693. The van der Waals surface area contributed by atoms with E-state index in [1.807, 2.05) is 13.0 Å². The topological polar surface area (TPSA) is 33.1 Å². The number of hydrogen-bond donors (Lipinski definition) is 1. The molecule has 1 rings (SSSR count). The molecule has 3 heteroatoms. The molecule has 1 aromatic rings. The SMILES string of the molecule is Cc1cc(Cl)cnc1C#CCCO. The molecule has 0 aliphatic heterocycles. The van der Waals surface area contributed by atoms with Gasteiger partial charge in [-0.25, -0.2) is 4.98 Å². The average Bonchev–Trinajstić information content (AvgIpc) is 2.09. The van der Waals surface area contributed by atoms with Gasteiger partial charge in [0.2, 0.25) is 0 Å². The highest BCUT2D eigenvalue weighted by atomic mass is 35.5. The summed E-state index contributed by atoms with van der Waals surface area (Å²) in [6.07, 6.45) is 2.04. The summed E-state index contributed by atoms with van der Waals surface area (Å²) in [4.78, 5) is 4.06. The van der Waals surface area contributed by atoms with Crippen LogP contribution in [0.25, 0.3) is 0 Å². The van der Waals surface area contributed by atoms with Gasteiger partial charge in [0.05, 0.1) is 11.6 Å². The second-order valence-electron chi connectivity index (χ2n) is 2.59. The van der Waals surface area contributed by atoms with Crippen LogP contribution in [-0.2, 0) is 0 Å². The highest BCUT2D eigenvalue weighted by Gasteiger charge is 1.95. The zero-order chi connectivity index (χ0) is 9.68. The molecule has 1 heterocycles. The van der Waals surface area contributed by atoms with Crippen LogP contribution in [0.2, 0.25) is 5.02 Å². The van der Waals surface area contributed by atoms with E-state index in [0.717, 1.165) is 11.3 Å². The number of hydrogen-bond acceptors (Lipinski definition) is 2. The Morgan fingerprint density at radius 3 is 3.00 bits per heavy atom. The van der Waals surface area contributed by atoms with E-state index >= 15 is 0 Å². The van der Waals surface area contributed by atoms with E-state index in [0.29, 0.717) is 11.4 Å². The van der Waals surface area contributed by atoms with Gasteiger partial charge in [-0.15, -0.1) is 0 Å². The van der Waals surface area contributed by atoms with E-state index < -0.39 is 0 Å². The van der Waals surface area contributed by atoms with Crippen LogP contribution in [0.5, 0.6) is 0 Å². The molecular formula is C10H10ClNO. The van der Waals surface area contributed by atoms with E-state index in [-0.39, 0.29) is 6.61 Å². The van der Waals surface area contributed by atoms with Crippen LogP contribution in [0.4, 0.5) is 0 Å². The van der Waals surface area contributed by atoms with Gasteiger partial charge in [-0.3, -0.25) is 0 Å². The van der Waals surface area contributed by atoms with Gasteiger partial charge in [0.1, 0.15) is 5.69 Å². The van der Waals surface area contributed by atoms with Crippen molar-refractivity contribution in [2.45, 2.75) is 13.3 Å². The Balaban J connectivity index is 2.85. The molecule has 0 saturated carbocycles. The smallest absolute Gasteiger partial charge is 0.116 e. The molecule has 0 aromatic carbocycles. The fourth-order valence-corrected chi connectivity index (χ4v) is 1.09. The molecule has 68 valence electrons. The van der Waals surface area contributed by atoms with Crippen LogP contribution in [0.3, 0.4) is 0 Å². The Morgan fingerprint density at radius 1 is 1.62 bits per heavy atom. The van der Waals surface area contributed by atoms with Crippen LogP contribution in [0, 0.1) is 18.8 Å². The van der Waals surface area contributed by atoms with Crippen molar-refractivity contribution in [1.29, 1.82) is 0 Å². The number of halogens is 1. The maximum Gasteiger partial charge on any atom is 0.116 e. The molecule has 0 radical (unpaired) electrons. The molecule has 0 aliphatic carbocycles. The summed E-state index contributed by atoms with van der Waals surface area (Å²) in [6.45, 7) is 1.99. The lowest BCUT2D eigenvalue weighted by Crippen LogP contribution is -1.87. The molecule has 0 bridgehead atoms. The molecule has 1 N–H and O–H groups in total. The normalized spacial score (nSPS) is 9.15. The Kier molecular flexibility index (Phi) is 3.75. The third-order valence-corrected chi connectivity index (χ3v) is 1.70. The lowest BCUT2D eigenvalue weighted by molar-refractivity contribution is 0.305. The van der Waals surface area contributed by atoms with Crippen LogP contribution >= 0.6 is 11.6 Å². The third kappa shape index (κ3) is 3.06. The minimum absolute atomic E-state index is 0.0830. The number of aryl methyl sites for hydroxylation is 1. The van der Waals surface area contributed by atoms with Gasteiger partial charge in [0.25, 0.3) is 0 Å².